The summed E-state index contributed by atoms with van der Waals surface area (Å²) < 4.78 is 10.2. The summed E-state index contributed by atoms with van der Waals surface area (Å²) in [5.41, 5.74) is 2.39. The van der Waals surface area contributed by atoms with Gasteiger partial charge in [0.15, 0.2) is 0 Å². The standard InChI is InChI=1S/C23H21ClN2O4/c1-3-30-23(28)17-4-7-19(8-5-17)26(15-16-10-12-25-13-11-16)22(27)18-6-9-21(29-2)20(24)14-18/h4-14H,3,15H2,1-2H3. The molecule has 0 atom stereocenters. The maximum Gasteiger partial charge on any atom is 0.338 e. The van der Waals surface area contributed by atoms with Crippen LogP contribution in [-0.2, 0) is 11.3 Å². The van der Waals surface area contributed by atoms with E-state index in [4.69, 9.17) is 21.1 Å². The number of carbonyl (C=O) groups is 2. The van der Waals surface area contributed by atoms with Gasteiger partial charge in [-0.25, -0.2) is 4.79 Å². The maximum atomic E-state index is 13.3. The monoisotopic (exact) mass is 424 g/mol. The van der Waals surface area contributed by atoms with Crippen LogP contribution in [0.3, 0.4) is 0 Å². The van der Waals surface area contributed by atoms with Gasteiger partial charge in [-0.15, -0.1) is 0 Å². The predicted octanol–water partition coefficient (Wildman–Crippen LogP) is 4.77. The molecule has 0 radical (unpaired) electrons. The minimum absolute atomic E-state index is 0.236. The van der Waals surface area contributed by atoms with Crippen LogP contribution in [0.4, 0.5) is 5.69 Å². The maximum absolute atomic E-state index is 13.3. The van der Waals surface area contributed by atoms with E-state index in [2.05, 4.69) is 4.98 Å². The summed E-state index contributed by atoms with van der Waals surface area (Å²) in [6.07, 6.45) is 3.35. The first-order valence-electron chi connectivity index (χ1n) is 9.35. The Kier molecular flexibility index (Phi) is 7.03. The van der Waals surface area contributed by atoms with E-state index < -0.39 is 5.97 Å². The van der Waals surface area contributed by atoms with Crippen molar-refractivity contribution in [3.8, 4) is 5.75 Å². The molecule has 7 heteroatoms. The Balaban J connectivity index is 1.95. The first kappa shape index (κ1) is 21.3. The van der Waals surface area contributed by atoms with Crippen molar-refractivity contribution in [3.05, 3.63) is 88.7 Å². The molecule has 6 nitrogen and oxygen atoms in total. The molecule has 0 aliphatic rings. The number of nitrogens with zero attached hydrogens (tertiary/aromatic N) is 2. The van der Waals surface area contributed by atoms with E-state index in [0.717, 1.165) is 5.56 Å². The van der Waals surface area contributed by atoms with Crippen LogP contribution in [0.5, 0.6) is 5.75 Å². The summed E-state index contributed by atoms with van der Waals surface area (Å²) in [5.74, 6) is -0.147. The molecular formula is C23H21ClN2O4. The zero-order chi connectivity index (χ0) is 21.5. The lowest BCUT2D eigenvalue weighted by molar-refractivity contribution is 0.0526. The molecule has 0 bridgehead atoms. The molecule has 0 unspecified atom stereocenters. The molecule has 154 valence electrons. The minimum Gasteiger partial charge on any atom is -0.495 e. The average Bonchev–Trinajstić information content (AvgIpc) is 2.78. The molecule has 0 spiro atoms. The number of rotatable bonds is 7. The van der Waals surface area contributed by atoms with Crippen LogP contribution in [0.2, 0.25) is 5.02 Å². The van der Waals surface area contributed by atoms with Gasteiger partial charge in [0.2, 0.25) is 0 Å². The first-order valence-corrected chi connectivity index (χ1v) is 9.72. The number of hydrogen-bond donors (Lipinski definition) is 0. The van der Waals surface area contributed by atoms with E-state index >= 15 is 0 Å². The van der Waals surface area contributed by atoms with Crippen molar-refractivity contribution in [1.29, 1.82) is 0 Å². The largest absolute Gasteiger partial charge is 0.495 e. The van der Waals surface area contributed by atoms with Crippen molar-refractivity contribution in [3.63, 3.8) is 0 Å². The van der Waals surface area contributed by atoms with Crippen LogP contribution >= 0.6 is 11.6 Å². The number of methoxy groups -OCH3 is 1. The summed E-state index contributed by atoms with van der Waals surface area (Å²) in [6, 6.07) is 15.3. The molecule has 0 saturated carbocycles. The second-order valence-corrected chi connectivity index (χ2v) is 6.77. The lowest BCUT2D eigenvalue weighted by atomic mass is 10.1. The quantitative estimate of drug-likeness (QED) is 0.511. The Morgan fingerprint density at radius 2 is 1.67 bits per heavy atom. The van der Waals surface area contributed by atoms with Crippen LogP contribution in [0.25, 0.3) is 0 Å². The van der Waals surface area contributed by atoms with Crippen molar-refractivity contribution in [1.82, 2.24) is 4.98 Å². The van der Waals surface area contributed by atoms with Crippen molar-refractivity contribution in [2.75, 3.05) is 18.6 Å². The summed E-state index contributed by atoms with van der Waals surface area (Å²) in [4.78, 5) is 30.9. The topological polar surface area (TPSA) is 68.7 Å². The van der Waals surface area contributed by atoms with Crippen LogP contribution in [0.1, 0.15) is 33.2 Å². The summed E-state index contributed by atoms with van der Waals surface area (Å²) >= 11 is 6.21. The number of amides is 1. The Hall–Kier alpha value is -3.38. The van der Waals surface area contributed by atoms with Crippen molar-refractivity contribution in [2.45, 2.75) is 13.5 Å². The summed E-state index contributed by atoms with van der Waals surface area (Å²) in [7, 11) is 1.52. The molecule has 0 N–H and O–H groups in total. The third kappa shape index (κ3) is 4.96. The number of hydrogen-bond acceptors (Lipinski definition) is 5. The molecule has 1 heterocycles. The molecule has 2 aromatic carbocycles. The van der Waals surface area contributed by atoms with Gasteiger partial charge in [0.25, 0.3) is 5.91 Å². The van der Waals surface area contributed by atoms with E-state index in [0.29, 0.717) is 40.7 Å². The van der Waals surface area contributed by atoms with Gasteiger partial charge in [-0.3, -0.25) is 9.78 Å². The van der Waals surface area contributed by atoms with Gasteiger partial charge in [0, 0.05) is 23.6 Å². The Morgan fingerprint density at radius 3 is 2.27 bits per heavy atom. The van der Waals surface area contributed by atoms with Crippen molar-refractivity contribution in [2.24, 2.45) is 0 Å². The van der Waals surface area contributed by atoms with Gasteiger partial charge in [-0.05, 0) is 67.1 Å². The van der Waals surface area contributed by atoms with E-state index in [9.17, 15) is 9.59 Å². The van der Waals surface area contributed by atoms with E-state index in [-0.39, 0.29) is 5.91 Å². The Bertz CT molecular complexity index is 1020. The fourth-order valence-corrected chi connectivity index (χ4v) is 3.16. The van der Waals surface area contributed by atoms with Crippen LogP contribution < -0.4 is 9.64 Å². The van der Waals surface area contributed by atoms with Crippen molar-refractivity contribution < 1.29 is 19.1 Å². The van der Waals surface area contributed by atoms with Crippen LogP contribution in [0.15, 0.2) is 67.0 Å². The average molecular weight is 425 g/mol. The zero-order valence-corrected chi connectivity index (χ0v) is 17.4. The summed E-state index contributed by atoms with van der Waals surface area (Å²) in [5, 5.41) is 0.352. The molecular weight excluding hydrogens is 404 g/mol. The highest BCUT2D eigenvalue weighted by Crippen LogP contribution is 2.27. The number of carbonyl (C=O) groups excluding carboxylic acids is 2. The van der Waals surface area contributed by atoms with E-state index in [1.807, 2.05) is 12.1 Å². The molecule has 3 aromatic rings. The number of ether oxygens (including phenoxy) is 2. The lowest BCUT2D eigenvalue weighted by Crippen LogP contribution is -2.30. The second-order valence-electron chi connectivity index (χ2n) is 6.36. The zero-order valence-electron chi connectivity index (χ0n) is 16.7. The van der Waals surface area contributed by atoms with Crippen LogP contribution in [0, 0.1) is 0 Å². The number of anilines is 1. The SMILES string of the molecule is CCOC(=O)c1ccc(N(Cc2ccncc2)C(=O)c2ccc(OC)c(Cl)c2)cc1. The molecule has 0 fully saturated rings. The third-order valence-corrected chi connectivity index (χ3v) is 4.72. The number of halogens is 1. The number of aromatic nitrogens is 1. The second kappa shape index (κ2) is 9.89. The Morgan fingerprint density at radius 1 is 1.00 bits per heavy atom. The van der Waals surface area contributed by atoms with Gasteiger partial charge in [-0.1, -0.05) is 11.6 Å². The fraction of sp³-hybridized carbons (Fsp3) is 0.174. The third-order valence-electron chi connectivity index (χ3n) is 4.42. The first-order chi connectivity index (χ1) is 14.5. The lowest BCUT2D eigenvalue weighted by Gasteiger charge is -2.23. The summed E-state index contributed by atoms with van der Waals surface area (Å²) in [6.45, 7) is 2.37. The van der Waals surface area contributed by atoms with Crippen molar-refractivity contribution >= 4 is 29.2 Å². The highest BCUT2D eigenvalue weighted by molar-refractivity contribution is 6.32. The molecule has 1 amide bonds. The van der Waals surface area contributed by atoms with E-state index in [1.165, 1.54) is 7.11 Å². The fourth-order valence-electron chi connectivity index (χ4n) is 2.90. The molecule has 0 aliphatic heterocycles. The molecule has 30 heavy (non-hydrogen) atoms. The van der Waals surface area contributed by atoms with Crippen LogP contribution in [-0.4, -0.2) is 30.6 Å². The molecule has 0 saturated heterocycles. The highest BCUT2D eigenvalue weighted by atomic mass is 35.5. The Labute approximate surface area is 180 Å². The van der Waals surface area contributed by atoms with Gasteiger partial charge >= 0.3 is 5.97 Å². The van der Waals surface area contributed by atoms with E-state index in [1.54, 1.807) is 66.7 Å². The van der Waals surface area contributed by atoms with Gasteiger partial charge < -0.3 is 14.4 Å². The molecule has 0 aliphatic carbocycles. The number of pyridine rings is 1. The highest BCUT2D eigenvalue weighted by Gasteiger charge is 2.20. The van der Waals surface area contributed by atoms with Gasteiger partial charge in [0.05, 0.1) is 30.8 Å². The minimum atomic E-state index is -0.405. The number of benzene rings is 2. The number of esters is 1. The molecule has 1 aromatic heterocycles. The predicted molar refractivity (Wildman–Crippen MR) is 115 cm³/mol. The normalized spacial score (nSPS) is 10.4. The smallest absolute Gasteiger partial charge is 0.338 e. The van der Waals surface area contributed by atoms with Gasteiger partial charge in [-0.2, -0.15) is 0 Å². The van der Waals surface area contributed by atoms with Gasteiger partial charge in [0.1, 0.15) is 5.75 Å². The molecule has 3 rings (SSSR count).